The molecule has 706 valence electrons. The quantitative estimate of drug-likeness (QED) is 0.0153. The van der Waals surface area contributed by atoms with Gasteiger partial charge < -0.3 is 65.4 Å². The van der Waals surface area contributed by atoms with E-state index in [-0.39, 0.29) is 43.0 Å². The smallest absolute Gasteiger partial charge is 0.359 e. The standard InChI is InChI=1S/C22H19N3O3.C22H18N2O3.C20H15N3O3.C20H15N3O2.C12H9BrO.C10H10N2O2.C2H7NO.H3NO/c26-15-14-23-22(27)21-19-8-4-5-9-20(19)25(24-21)16-10-12-18(13-11-16)28-17-6-2-1-3-7-17;1-2-26-22(25)21-19-10-6-7-11-20(19)24(23-21)16-12-14-18(15-13-16)27-17-8-4-3-5-9-17;24-20(22-25)19-17-8-4-5-9-18(17)23(21-19)14-10-12-16(13-11-14)26-15-6-2-1-3-7-15;21-20(24)19-17-8-4-5-9-18(17)23(22-19)14-10-12-16(13-11-14)25-15-6-2-1-3-7-15;13-10-6-8-12(9-7-10)14-11-4-2-1-3-5-11;1-2-14-10(13)9-7-5-3-4-6-8(7)11-12-9;3-1-2-4;1-2/h1-13,26H,14-15H2,(H,23,27);3-15H,2H2,1H3;1-13,25H,(H,22,24);1-13H,(H2,21,24);1-9H;3-6H,2H2,1H3,(H,11,12);4H,1-3H2;2H,1H2. The number of hydroxylamine groups is 1. The Morgan fingerprint density at radius 3 is 0.893 bits per heavy atom. The van der Waals surface area contributed by atoms with Crippen LogP contribution in [0.5, 0.6) is 57.5 Å². The molecule has 31 nitrogen and oxygen atoms in total. The number of nitrogens with one attached hydrogen (secondary N) is 3. The molecule has 3 amide bonds. The third-order valence-corrected chi connectivity index (χ3v) is 20.6. The average molecular weight is 1940 g/mol. The molecule has 0 fully saturated rings. The maximum Gasteiger partial charge on any atom is 0.359 e. The van der Waals surface area contributed by atoms with E-state index in [4.69, 9.17) is 65.3 Å². The largest absolute Gasteiger partial charge is 0.461 e. The van der Waals surface area contributed by atoms with Crippen molar-refractivity contribution in [1.29, 1.82) is 0 Å². The first kappa shape index (κ1) is 99.7. The van der Waals surface area contributed by atoms with Crippen LogP contribution in [-0.2, 0) is 9.47 Å². The van der Waals surface area contributed by atoms with Gasteiger partial charge in [0.25, 0.3) is 17.7 Å². The zero-order valence-electron chi connectivity index (χ0n) is 75.6. The van der Waals surface area contributed by atoms with Crippen LogP contribution in [-0.4, -0.2) is 139 Å². The van der Waals surface area contributed by atoms with Gasteiger partial charge in [0.05, 0.1) is 76.8 Å². The van der Waals surface area contributed by atoms with Crippen molar-refractivity contribution < 1.29 is 77.8 Å². The highest BCUT2D eigenvalue weighted by Crippen LogP contribution is 2.33. The minimum Gasteiger partial charge on any atom is -0.461 e. The van der Waals surface area contributed by atoms with E-state index in [1.165, 1.54) is 0 Å². The number of fused-ring (bicyclic) bond motifs is 5. The van der Waals surface area contributed by atoms with Crippen molar-refractivity contribution in [2.24, 2.45) is 17.4 Å². The Morgan fingerprint density at radius 1 is 0.329 bits per heavy atom. The number of aromatic nitrogens is 10. The van der Waals surface area contributed by atoms with Crippen molar-refractivity contribution in [3.05, 3.63) is 427 Å². The number of H-pyrrole nitrogens is 1. The van der Waals surface area contributed by atoms with E-state index in [2.05, 4.69) is 57.7 Å². The molecular weight excluding hydrogens is 1840 g/mol. The van der Waals surface area contributed by atoms with Gasteiger partial charge in [0, 0.05) is 44.5 Å². The Kier molecular flexibility index (Phi) is 36.4. The van der Waals surface area contributed by atoms with Gasteiger partial charge in [-0.1, -0.05) is 198 Å². The topological polar surface area (TPSA) is 433 Å². The molecule has 5 heterocycles. The molecule has 0 saturated heterocycles. The van der Waals surface area contributed by atoms with Crippen LogP contribution in [0.25, 0.3) is 77.3 Å². The number of rotatable bonds is 24. The van der Waals surface area contributed by atoms with Gasteiger partial charge >= 0.3 is 11.9 Å². The minimum atomic E-state index is -0.649. The molecule has 0 unspecified atom stereocenters. The van der Waals surface area contributed by atoms with Gasteiger partial charge in [-0.15, -0.1) is 0 Å². The first-order valence-electron chi connectivity index (χ1n) is 43.8. The van der Waals surface area contributed by atoms with Crippen molar-refractivity contribution in [3.63, 3.8) is 0 Å². The number of amides is 3. The Bertz CT molecular complexity index is 7370. The lowest BCUT2D eigenvalue weighted by atomic mass is 10.2. The third kappa shape index (κ3) is 26.7. The number of aliphatic hydroxyl groups is 2. The first-order valence-corrected chi connectivity index (χ1v) is 44.6. The number of nitrogens with two attached hydrogens (primary N) is 3. The molecule has 15 aromatic carbocycles. The van der Waals surface area contributed by atoms with E-state index in [1.807, 2.05) is 388 Å². The van der Waals surface area contributed by atoms with Gasteiger partial charge in [-0.2, -0.15) is 25.5 Å². The Morgan fingerprint density at radius 2 is 0.586 bits per heavy atom. The summed E-state index contributed by atoms with van der Waals surface area (Å²) in [5, 5.41) is 62.9. The van der Waals surface area contributed by atoms with E-state index >= 15 is 0 Å². The predicted molar refractivity (Wildman–Crippen MR) is 538 cm³/mol. The average Bonchev–Trinajstić information content (AvgIpc) is 2.32. The number of aromatic amines is 1. The zero-order valence-corrected chi connectivity index (χ0v) is 77.2. The third-order valence-electron chi connectivity index (χ3n) is 20.1. The van der Waals surface area contributed by atoms with Crippen LogP contribution in [0.4, 0.5) is 0 Å². The van der Waals surface area contributed by atoms with Crippen LogP contribution in [0, 0.1) is 0 Å². The van der Waals surface area contributed by atoms with Crippen molar-refractivity contribution in [1.82, 2.24) is 60.1 Å². The number of primary amides is 1. The van der Waals surface area contributed by atoms with Crippen molar-refractivity contribution in [3.8, 4) is 80.2 Å². The molecule has 0 saturated carbocycles. The van der Waals surface area contributed by atoms with Crippen LogP contribution in [0.15, 0.2) is 399 Å². The van der Waals surface area contributed by atoms with Gasteiger partial charge in [-0.25, -0.2) is 39.7 Å². The molecule has 5 aromatic heterocycles. The second-order valence-electron chi connectivity index (χ2n) is 29.5. The molecule has 140 heavy (non-hydrogen) atoms. The highest BCUT2D eigenvalue weighted by Gasteiger charge is 2.23. The van der Waals surface area contributed by atoms with E-state index < -0.39 is 17.8 Å². The number of ether oxygens (including phenoxy) is 7. The van der Waals surface area contributed by atoms with E-state index in [9.17, 15) is 24.0 Å². The van der Waals surface area contributed by atoms with Gasteiger partial charge in [0.15, 0.2) is 28.5 Å². The van der Waals surface area contributed by atoms with Gasteiger partial charge in [-0.3, -0.25) is 24.7 Å². The van der Waals surface area contributed by atoms with Crippen LogP contribution in [0.3, 0.4) is 0 Å². The zero-order chi connectivity index (χ0) is 98.3. The highest BCUT2D eigenvalue weighted by atomic mass is 79.9. The van der Waals surface area contributed by atoms with Crippen LogP contribution >= 0.6 is 15.9 Å². The van der Waals surface area contributed by atoms with Crippen molar-refractivity contribution in [2.75, 3.05) is 39.5 Å². The SMILES string of the molecule is Brc1ccc(Oc2ccccc2)cc1.CCOC(=O)c1n[nH]c2ccccc12.CCOC(=O)c1nn(-c2ccc(Oc3ccccc3)cc2)c2ccccc12.NC(=O)c1nn(-c2ccc(Oc3ccccc3)cc2)c2ccccc12.NCCO.NO.O=C(NCCO)c1nn(-c2ccc(Oc3ccccc3)cc2)c2ccccc12.O=C(NO)c1nn(-c2ccc(Oc3ccccc3)cc2)c2ccccc12. The summed E-state index contributed by atoms with van der Waals surface area (Å²) in [5.74, 6) is 8.83. The number of aliphatic hydroxyl groups excluding tert-OH is 2. The molecule has 20 aromatic rings. The number of hydrogen-bond acceptors (Lipinski definition) is 23. The summed E-state index contributed by atoms with van der Waals surface area (Å²) in [6.45, 7) is 4.76. The molecule has 0 radical (unpaired) electrons. The lowest BCUT2D eigenvalue weighted by molar-refractivity contribution is 0.0512. The lowest BCUT2D eigenvalue weighted by Gasteiger charge is -2.07. The second kappa shape index (κ2) is 51.1. The fraction of sp³-hybridized carbons (Fsp3) is 0.0741. The number of para-hydroxylation sites is 10. The summed E-state index contributed by atoms with van der Waals surface area (Å²) in [7, 11) is 0. The van der Waals surface area contributed by atoms with E-state index in [0.717, 1.165) is 122 Å². The molecule has 32 heteroatoms. The number of esters is 2. The summed E-state index contributed by atoms with van der Waals surface area (Å²) in [6, 6.07) is 123. The predicted octanol–water partition coefficient (Wildman–Crippen LogP) is 20.6. The molecule has 0 aliphatic rings. The molecule has 0 spiro atoms. The number of carbonyl (C=O) groups excluding carboxylic acids is 5. The fourth-order valence-corrected chi connectivity index (χ4v) is 14.1. The number of benzene rings is 15. The Balaban J connectivity index is 0.000000142. The lowest BCUT2D eigenvalue weighted by Crippen LogP contribution is -2.27. The van der Waals surface area contributed by atoms with E-state index in [1.54, 1.807) is 44.1 Å². The fourth-order valence-electron chi connectivity index (χ4n) is 13.8. The molecule has 13 N–H and O–H groups in total. The minimum absolute atomic E-state index is 0.0972. The molecule has 0 atom stereocenters. The molecule has 0 aliphatic carbocycles. The van der Waals surface area contributed by atoms with Gasteiger partial charge in [-0.05, 0) is 226 Å². The summed E-state index contributed by atoms with van der Waals surface area (Å²) in [5.41, 5.74) is 20.6. The molecule has 0 bridgehead atoms. The van der Waals surface area contributed by atoms with Crippen molar-refractivity contribution in [2.45, 2.75) is 13.8 Å². The second-order valence-corrected chi connectivity index (χ2v) is 30.4. The number of halogens is 1. The molecule has 0 aliphatic heterocycles. The highest BCUT2D eigenvalue weighted by molar-refractivity contribution is 9.10. The molecule has 20 rings (SSSR count). The Labute approximate surface area is 811 Å². The normalized spacial score (nSPS) is 10.4. The number of nitrogens with zero attached hydrogens (tertiary/aromatic N) is 9. The molecular formula is C108H96BrN15O16. The Hall–Kier alpha value is -17.8. The monoisotopic (exact) mass is 1940 g/mol. The maximum absolute atomic E-state index is 12.4. The van der Waals surface area contributed by atoms with Crippen LogP contribution in [0.1, 0.15) is 66.3 Å². The van der Waals surface area contributed by atoms with Gasteiger partial charge in [0.1, 0.15) is 57.5 Å². The van der Waals surface area contributed by atoms with Gasteiger partial charge in [0.2, 0.25) is 0 Å². The van der Waals surface area contributed by atoms with Crippen LogP contribution < -0.4 is 51.8 Å². The summed E-state index contributed by atoms with van der Waals surface area (Å²) in [6.07, 6.45) is 0. The summed E-state index contributed by atoms with van der Waals surface area (Å²) < 4.78 is 46.8. The first-order chi connectivity index (χ1) is 68.6. The maximum atomic E-state index is 12.4. The van der Waals surface area contributed by atoms with Crippen molar-refractivity contribution >= 4 is 100 Å². The number of carbonyl (C=O) groups is 5. The van der Waals surface area contributed by atoms with Crippen LogP contribution in [0.2, 0.25) is 0 Å². The van der Waals surface area contributed by atoms with E-state index in [0.29, 0.717) is 53.7 Å². The summed E-state index contributed by atoms with van der Waals surface area (Å²) >= 11 is 3.38. The summed E-state index contributed by atoms with van der Waals surface area (Å²) in [4.78, 5) is 59.6. The number of hydrogen-bond donors (Lipinski definition) is 10.